The number of aryl methyl sites for hydroxylation is 2. The maximum atomic E-state index is 12.1. The van der Waals surface area contributed by atoms with Gasteiger partial charge < -0.3 is 9.47 Å². The predicted octanol–water partition coefficient (Wildman–Crippen LogP) is 3.14. The highest BCUT2D eigenvalue weighted by Crippen LogP contribution is 2.32. The van der Waals surface area contributed by atoms with E-state index in [2.05, 4.69) is 10.3 Å². The average Bonchev–Trinajstić information content (AvgIpc) is 3.02. The number of hydrogen-bond acceptors (Lipinski definition) is 6. The lowest BCUT2D eigenvalue weighted by Crippen LogP contribution is -2.24. The summed E-state index contributed by atoms with van der Waals surface area (Å²) in [6, 6.07) is 7.53. The van der Waals surface area contributed by atoms with Crippen molar-refractivity contribution in [2.24, 2.45) is 5.92 Å². The molecule has 0 aliphatic heterocycles. The number of fused-ring (bicyclic) bond motifs is 1. The SMILES string of the molecule is CCOC(=O)C1CCc2nc(NC(=O)COc3ccc(C)cc3)sc2C1. The standard InChI is InChI=1S/C19H22N2O4S/c1-3-24-18(23)13-6-9-15-16(10-13)26-19(20-15)21-17(22)11-25-14-7-4-12(2)5-8-14/h4-5,7-8,13H,3,6,9-11H2,1-2H3,(H,20,21,22). The van der Waals surface area contributed by atoms with Gasteiger partial charge in [-0.05, 0) is 45.2 Å². The number of aromatic nitrogens is 1. The number of nitrogens with one attached hydrogen (secondary N) is 1. The van der Waals surface area contributed by atoms with Crippen LogP contribution in [0.5, 0.6) is 5.75 Å². The predicted molar refractivity (Wildman–Crippen MR) is 99.6 cm³/mol. The number of ether oxygens (including phenoxy) is 2. The van der Waals surface area contributed by atoms with Gasteiger partial charge in [-0.3, -0.25) is 14.9 Å². The van der Waals surface area contributed by atoms with Crippen molar-refractivity contribution in [3.63, 3.8) is 0 Å². The number of rotatable bonds is 6. The third-order valence-corrected chi connectivity index (χ3v) is 5.23. The zero-order valence-electron chi connectivity index (χ0n) is 14.9. The number of hydrogen-bond donors (Lipinski definition) is 1. The molecule has 1 N–H and O–H groups in total. The first-order valence-corrected chi connectivity index (χ1v) is 9.51. The van der Waals surface area contributed by atoms with Crippen LogP contribution in [0.3, 0.4) is 0 Å². The van der Waals surface area contributed by atoms with Crippen molar-refractivity contribution in [3.8, 4) is 5.75 Å². The summed E-state index contributed by atoms with van der Waals surface area (Å²) in [7, 11) is 0. The first-order valence-electron chi connectivity index (χ1n) is 8.69. The second kappa shape index (κ2) is 8.31. The summed E-state index contributed by atoms with van der Waals surface area (Å²) >= 11 is 1.42. The van der Waals surface area contributed by atoms with Crippen molar-refractivity contribution in [3.05, 3.63) is 40.4 Å². The Morgan fingerprint density at radius 3 is 2.81 bits per heavy atom. The van der Waals surface area contributed by atoms with Gasteiger partial charge in [-0.2, -0.15) is 0 Å². The van der Waals surface area contributed by atoms with Gasteiger partial charge >= 0.3 is 5.97 Å². The molecule has 2 aromatic rings. The van der Waals surface area contributed by atoms with Gasteiger partial charge in [-0.25, -0.2) is 4.98 Å². The van der Waals surface area contributed by atoms with Gasteiger partial charge in [0.25, 0.3) is 5.91 Å². The van der Waals surface area contributed by atoms with E-state index in [9.17, 15) is 9.59 Å². The molecule has 1 heterocycles. The third kappa shape index (κ3) is 4.60. The highest BCUT2D eigenvalue weighted by molar-refractivity contribution is 7.15. The summed E-state index contributed by atoms with van der Waals surface area (Å²) in [5, 5.41) is 3.33. The fourth-order valence-corrected chi connectivity index (χ4v) is 3.93. The molecule has 0 bridgehead atoms. The van der Waals surface area contributed by atoms with Crippen LogP contribution in [0.25, 0.3) is 0 Å². The Balaban J connectivity index is 1.54. The van der Waals surface area contributed by atoms with Gasteiger partial charge in [-0.15, -0.1) is 11.3 Å². The Kier molecular flexibility index (Phi) is 5.88. The van der Waals surface area contributed by atoms with Crippen molar-refractivity contribution < 1.29 is 19.1 Å². The molecular weight excluding hydrogens is 352 g/mol. The van der Waals surface area contributed by atoms with E-state index < -0.39 is 0 Å². The lowest BCUT2D eigenvalue weighted by Gasteiger charge is -2.18. The van der Waals surface area contributed by atoms with E-state index in [1.165, 1.54) is 11.3 Å². The first kappa shape index (κ1) is 18.4. The summed E-state index contributed by atoms with van der Waals surface area (Å²) in [5.41, 5.74) is 2.10. The van der Waals surface area contributed by atoms with Crippen LogP contribution in [0.1, 0.15) is 29.5 Å². The van der Waals surface area contributed by atoms with E-state index in [4.69, 9.17) is 9.47 Å². The number of amides is 1. The fraction of sp³-hybridized carbons (Fsp3) is 0.421. The van der Waals surface area contributed by atoms with Gasteiger partial charge in [0.2, 0.25) is 0 Å². The second-order valence-corrected chi connectivity index (χ2v) is 7.31. The summed E-state index contributed by atoms with van der Waals surface area (Å²) in [6.45, 7) is 4.13. The molecule has 1 aliphatic carbocycles. The number of nitrogens with zero attached hydrogens (tertiary/aromatic N) is 1. The molecule has 6 nitrogen and oxygen atoms in total. The Bertz CT molecular complexity index is 785. The van der Waals surface area contributed by atoms with E-state index in [0.717, 1.165) is 29.0 Å². The zero-order chi connectivity index (χ0) is 18.5. The van der Waals surface area contributed by atoms with Crippen molar-refractivity contribution >= 4 is 28.3 Å². The highest BCUT2D eigenvalue weighted by atomic mass is 32.1. The summed E-state index contributed by atoms with van der Waals surface area (Å²) in [6.07, 6.45) is 2.09. The van der Waals surface area contributed by atoms with Crippen LogP contribution >= 0.6 is 11.3 Å². The normalized spacial score (nSPS) is 15.8. The Hall–Kier alpha value is -2.41. The van der Waals surface area contributed by atoms with Gasteiger partial charge in [0.05, 0.1) is 18.2 Å². The van der Waals surface area contributed by atoms with Gasteiger partial charge in [0, 0.05) is 4.88 Å². The fourth-order valence-electron chi connectivity index (χ4n) is 2.83. The molecule has 1 amide bonds. The van der Waals surface area contributed by atoms with Crippen molar-refractivity contribution in [1.29, 1.82) is 0 Å². The largest absolute Gasteiger partial charge is 0.484 e. The molecule has 0 radical (unpaired) electrons. The lowest BCUT2D eigenvalue weighted by molar-refractivity contribution is -0.148. The van der Waals surface area contributed by atoms with Crippen LogP contribution in [-0.4, -0.2) is 30.1 Å². The van der Waals surface area contributed by atoms with Gasteiger partial charge in [0.15, 0.2) is 11.7 Å². The molecule has 0 saturated carbocycles. The first-order chi connectivity index (χ1) is 12.5. The molecule has 1 atom stereocenters. The topological polar surface area (TPSA) is 77.5 Å². The number of esters is 1. The van der Waals surface area contributed by atoms with Crippen LogP contribution in [0.2, 0.25) is 0 Å². The maximum Gasteiger partial charge on any atom is 0.309 e. The summed E-state index contributed by atoms with van der Waals surface area (Å²) in [5.74, 6) is 0.139. The molecular formula is C19H22N2O4S. The van der Waals surface area contributed by atoms with Crippen molar-refractivity contribution in [2.75, 3.05) is 18.5 Å². The van der Waals surface area contributed by atoms with E-state index in [-0.39, 0.29) is 24.4 Å². The average molecular weight is 374 g/mol. The molecule has 7 heteroatoms. The van der Waals surface area contributed by atoms with Crippen LogP contribution < -0.4 is 10.1 Å². The van der Waals surface area contributed by atoms with Crippen molar-refractivity contribution in [2.45, 2.75) is 33.1 Å². The van der Waals surface area contributed by atoms with E-state index in [0.29, 0.717) is 23.9 Å². The number of benzene rings is 1. The third-order valence-electron chi connectivity index (χ3n) is 4.20. The molecule has 1 unspecified atom stereocenters. The van der Waals surface area contributed by atoms with Crippen LogP contribution in [-0.2, 0) is 27.2 Å². The minimum absolute atomic E-state index is 0.0707. The maximum absolute atomic E-state index is 12.1. The second-order valence-electron chi connectivity index (χ2n) is 6.23. The Morgan fingerprint density at radius 1 is 1.31 bits per heavy atom. The lowest BCUT2D eigenvalue weighted by atomic mass is 9.91. The molecule has 1 aromatic carbocycles. The minimum atomic E-state index is -0.251. The number of carbonyl (C=O) groups excluding carboxylic acids is 2. The van der Waals surface area contributed by atoms with Crippen LogP contribution in [0, 0.1) is 12.8 Å². The molecule has 138 valence electrons. The Morgan fingerprint density at radius 2 is 2.08 bits per heavy atom. The molecule has 0 fully saturated rings. The molecule has 0 saturated heterocycles. The van der Waals surface area contributed by atoms with Crippen LogP contribution in [0.15, 0.2) is 24.3 Å². The van der Waals surface area contributed by atoms with Gasteiger partial charge in [0.1, 0.15) is 5.75 Å². The smallest absolute Gasteiger partial charge is 0.309 e. The molecule has 26 heavy (non-hydrogen) atoms. The molecule has 1 aliphatic rings. The quantitative estimate of drug-likeness (QED) is 0.786. The van der Waals surface area contributed by atoms with Gasteiger partial charge in [-0.1, -0.05) is 17.7 Å². The number of carbonyl (C=O) groups is 2. The zero-order valence-corrected chi connectivity index (χ0v) is 15.7. The van der Waals surface area contributed by atoms with Crippen molar-refractivity contribution in [1.82, 2.24) is 4.98 Å². The summed E-state index contributed by atoms with van der Waals surface area (Å²) in [4.78, 5) is 29.5. The monoisotopic (exact) mass is 374 g/mol. The van der Waals surface area contributed by atoms with Crippen LogP contribution in [0.4, 0.5) is 5.13 Å². The molecule has 1 aromatic heterocycles. The molecule has 3 rings (SSSR count). The van der Waals surface area contributed by atoms with E-state index in [1.54, 1.807) is 0 Å². The van der Waals surface area contributed by atoms with E-state index >= 15 is 0 Å². The Labute approximate surface area is 156 Å². The number of thiazole rings is 1. The minimum Gasteiger partial charge on any atom is -0.484 e. The molecule has 0 spiro atoms. The van der Waals surface area contributed by atoms with E-state index in [1.807, 2.05) is 38.1 Å². The number of anilines is 1. The highest BCUT2D eigenvalue weighted by Gasteiger charge is 2.28. The summed E-state index contributed by atoms with van der Waals surface area (Å²) < 4.78 is 10.6.